The number of aryl methyl sites for hydroxylation is 2. The van der Waals surface area contributed by atoms with E-state index in [0.717, 1.165) is 58.1 Å². The standard InChI is InChI=1S/C18H29NO3/c1-15-5-6-16(2)18(13-15)22-10-4-8-19(3)9-7-17-14-20-11-12-21-17/h5-6,13,17H,4,7-12,14H2,1-3H3. The first kappa shape index (κ1) is 17.3. The lowest BCUT2D eigenvalue weighted by Gasteiger charge is -2.25. The van der Waals surface area contributed by atoms with Crippen molar-refractivity contribution in [2.45, 2.75) is 32.8 Å². The van der Waals surface area contributed by atoms with Gasteiger partial charge in [0, 0.05) is 13.1 Å². The zero-order valence-electron chi connectivity index (χ0n) is 14.1. The molecule has 1 heterocycles. The average Bonchev–Trinajstić information content (AvgIpc) is 2.53. The van der Waals surface area contributed by atoms with Crippen LogP contribution in [0.5, 0.6) is 5.75 Å². The second-order valence-electron chi connectivity index (χ2n) is 6.13. The first-order valence-electron chi connectivity index (χ1n) is 8.23. The van der Waals surface area contributed by atoms with Crippen LogP contribution in [0.2, 0.25) is 0 Å². The highest BCUT2D eigenvalue weighted by Gasteiger charge is 2.14. The first-order chi connectivity index (χ1) is 10.6. The molecule has 4 nitrogen and oxygen atoms in total. The maximum Gasteiger partial charge on any atom is 0.122 e. The molecule has 0 radical (unpaired) electrons. The summed E-state index contributed by atoms with van der Waals surface area (Å²) in [6, 6.07) is 6.34. The molecule has 1 aromatic carbocycles. The molecule has 1 atom stereocenters. The molecule has 0 aliphatic carbocycles. The van der Waals surface area contributed by atoms with E-state index in [4.69, 9.17) is 14.2 Å². The second-order valence-corrected chi connectivity index (χ2v) is 6.13. The summed E-state index contributed by atoms with van der Waals surface area (Å²) in [7, 11) is 2.15. The minimum Gasteiger partial charge on any atom is -0.493 e. The van der Waals surface area contributed by atoms with Crippen molar-refractivity contribution in [3.05, 3.63) is 29.3 Å². The third-order valence-corrected chi connectivity index (χ3v) is 4.00. The van der Waals surface area contributed by atoms with Gasteiger partial charge in [-0.05, 0) is 50.9 Å². The molecule has 0 bridgehead atoms. The highest BCUT2D eigenvalue weighted by Crippen LogP contribution is 2.19. The minimum absolute atomic E-state index is 0.266. The Hall–Kier alpha value is -1.10. The Labute approximate surface area is 134 Å². The summed E-state index contributed by atoms with van der Waals surface area (Å²) in [4.78, 5) is 2.34. The van der Waals surface area contributed by atoms with Gasteiger partial charge in [-0.2, -0.15) is 0 Å². The van der Waals surface area contributed by atoms with Crippen molar-refractivity contribution in [3.63, 3.8) is 0 Å². The van der Waals surface area contributed by atoms with E-state index in [1.807, 2.05) is 0 Å². The predicted molar refractivity (Wildman–Crippen MR) is 88.7 cm³/mol. The predicted octanol–water partition coefficient (Wildman–Crippen LogP) is 2.81. The quantitative estimate of drug-likeness (QED) is 0.691. The maximum atomic E-state index is 5.89. The van der Waals surface area contributed by atoms with E-state index < -0.39 is 0 Å². The van der Waals surface area contributed by atoms with E-state index in [1.165, 1.54) is 11.1 Å². The lowest BCUT2D eigenvalue weighted by atomic mass is 10.1. The summed E-state index contributed by atoms with van der Waals surface area (Å²) in [5, 5.41) is 0. The molecule has 22 heavy (non-hydrogen) atoms. The Balaban J connectivity index is 1.58. The molecule has 124 valence electrons. The molecule has 0 N–H and O–H groups in total. The van der Waals surface area contributed by atoms with Gasteiger partial charge in [-0.25, -0.2) is 0 Å². The van der Waals surface area contributed by atoms with Crippen LogP contribution in [0.3, 0.4) is 0 Å². The topological polar surface area (TPSA) is 30.9 Å². The summed E-state index contributed by atoms with van der Waals surface area (Å²) in [5.74, 6) is 1.01. The van der Waals surface area contributed by atoms with Gasteiger partial charge in [-0.1, -0.05) is 12.1 Å². The number of hydrogen-bond donors (Lipinski definition) is 0. The van der Waals surface area contributed by atoms with Gasteiger partial charge in [0.15, 0.2) is 0 Å². The van der Waals surface area contributed by atoms with E-state index >= 15 is 0 Å². The highest BCUT2D eigenvalue weighted by molar-refractivity contribution is 5.35. The maximum absolute atomic E-state index is 5.89. The fourth-order valence-electron chi connectivity index (χ4n) is 2.56. The minimum atomic E-state index is 0.266. The molecule has 0 spiro atoms. The van der Waals surface area contributed by atoms with Gasteiger partial charge in [0.25, 0.3) is 0 Å². The Morgan fingerprint density at radius 1 is 1.23 bits per heavy atom. The molecule has 0 amide bonds. The Morgan fingerprint density at radius 2 is 2.09 bits per heavy atom. The van der Waals surface area contributed by atoms with Crippen molar-refractivity contribution in [2.24, 2.45) is 0 Å². The molecular weight excluding hydrogens is 278 g/mol. The summed E-state index contributed by atoms with van der Waals surface area (Å²) in [6.45, 7) is 9.24. The highest BCUT2D eigenvalue weighted by atomic mass is 16.6. The second kappa shape index (κ2) is 9.13. The van der Waals surface area contributed by atoms with Gasteiger partial charge >= 0.3 is 0 Å². The van der Waals surface area contributed by atoms with Gasteiger partial charge in [0.05, 0.1) is 32.5 Å². The normalized spacial score (nSPS) is 18.6. The molecule has 1 aliphatic rings. The number of nitrogens with zero attached hydrogens (tertiary/aromatic N) is 1. The zero-order chi connectivity index (χ0) is 15.8. The largest absolute Gasteiger partial charge is 0.493 e. The van der Waals surface area contributed by atoms with Crippen LogP contribution >= 0.6 is 0 Å². The number of rotatable bonds is 8. The molecule has 0 aromatic heterocycles. The SMILES string of the molecule is Cc1ccc(C)c(OCCCN(C)CCC2COCCO2)c1. The molecule has 1 aliphatic heterocycles. The smallest absolute Gasteiger partial charge is 0.122 e. The molecule has 1 fully saturated rings. The van der Waals surface area contributed by atoms with Crippen molar-refractivity contribution < 1.29 is 14.2 Å². The van der Waals surface area contributed by atoms with Crippen LogP contribution in [-0.4, -0.2) is 57.6 Å². The van der Waals surface area contributed by atoms with E-state index in [-0.39, 0.29) is 6.10 Å². The van der Waals surface area contributed by atoms with Gasteiger partial charge in [0.2, 0.25) is 0 Å². The molecule has 0 saturated carbocycles. The number of ether oxygens (including phenoxy) is 3. The third-order valence-electron chi connectivity index (χ3n) is 4.00. The van der Waals surface area contributed by atoms with Crippen molar-refractivity contribution in [1.82, 2.24) is 4.90 Å². The summed E-state index contributed by atoms with van der Waals surface area (Å²) in [6.07, 6.45) is 2.34. The molecule has 2 rings (SSSR count). The summed E-state index contributed by atoms with van der Waals surface area (Å²) < 4.78 is 17.0. The Morgan fingerprint density at radius 3 is 2.86 bits per heavy atom. The van der Waals surface area contributed by atoms with Crippen molar-refractivity contribution >= 4 is 0 Å². The fourth-order valence-corrected chi connectivity index (χ4v) is 2.56. The van der Waals surface area contributed by atoms with Crippen LogP contribution in [0.4, 0.5) is 0 Å². The van der Waals surface area contributed by atoms with E-state index in [2.05, 4.69) is 44.0 Å². The molecular formula is C18H29NO3. The van der Waals surface area contributed by atoms with Crippen molar-refractivity contribution in [2.75, 3.05) is 46.6 Å². The number of benzene rings is 1. The van der Waals surface area contributed by atoms with E-state index in [0.29, 0.717) is 0 Å². The van der Waals surface area contributed by atoms with Gasteiger partial charge in [0.1, 0.15) is 5.75 Å². The third kappa shape index (κ3) is 5.95. The van der Waals surface area contributed by atoms with Gasteiger partial charge in [-0.15, -0.1) is 0 Å². The lowest BCUT2D eigenvalue weighted by Crippen LogP contribution is -2.32. The molecule has 1 aromatic rings. The molecule has 1 unspecified atom stereocenters. The van der Waals surface area contributed by atoms with Gasteiger partial charge < -0.3 is 19.1 Å². The van der Waals surface area contributed by atoms with Gasteiger partial charge in [-0.3, -0.25) is 0 Å². The van der Waals surface area contributed by atoms with Crippen LogP contribution in [0.25, 0.3) is 0 Å². The van der Waals surface area contributed by atoms with E-state index in [1.54, 1.807) is 0 Å². The lowest BCUT2D eigenvalue weighted by molar-refractivity contribution is -0.0922. The summed E-state index contributed by atoms with van der Waals surface area (Å²) in [5.41, 5.74) is 2.45. The van der Waals surface area contributed by atoms with Crippen LogP contribution in [-0.2, 0) is 9.47 Å². The fraction of sp³-hybridized carbons (Fsp3) is 0.667. The summed E-state index contributed by atoms with van der Waals surface area (Å²) >= 11 is 0. The monoisotopic (exact) mass is 307 g/mol. The van der Waals surface area contributed by atoms with Crippen LogP contribution < -0.4 is 4.74 Å². The molecule has 1 saturated heterocycles. The first-order valence-corrected chi connectivity index (χ1v) is 8.23. The van der Waals surface area contributed by atoms with Crippen LogP contribution in [0.1, 0.15) is 24.0 Å². The number of hydrogen-bond acceptors (Lipinski definition) is 4. The zero-order valence-corrected chi connectivity index (χ0v) is 14.1. The van der Waals surface area contributed by atoms with Crippen LogP contribution in [0, 0.1) is 13.8 Å². The van der Waals surface area contributed by atoms with Crippen molar-refractivity contribution in [1.29, 1.82) is 0 Å². The van der Waals surface area contributed by atoms with Crippen LogP contribution in [0.15, 0.2) is 18.2 Å². The average molecular weight is 307 g/mol. The van der Waals surface area contributed by atoms with E-state index in [9.17, 15) is 0 Å². The Bertz CT molecular complexity index is 444. The Kier molecular flexibility index (Phi) is 7.16. The van der Waals surface area contributed by atoms with Crippen molar-refractivity contribution in [3.8, 4) is 5.75 Å². The molecule has 4 heteroatoms.